The van der Waals surface area contributed by atoms with Crippen molar-refractivity contribution in [1.82, 2.24) is 24.1 Å². The largest absolute Gasteiger partial charge is 0.390 e. The molecule has 0 aliphatic heterocycles. The molecule has 0 aromatic carbocycles. The Hall–Kier alpha value is -3.56. The van der Waals surface area contributed by atoms with Crippen LogP contribution in [0, 0.1) is 6.92 Å². The fraction of sp³-hybridized carbons (Fsp3) is 0.360. The molecule has 0 unspecified atom stereocenters. The number of nitrogens with zero attached hydrogens (tertiary/aromatic N) is 5. The summed E-state index contributed by atoms with van der Waals surface area (Å²) in [6, 6.07) is 7.10. The molecule has 0 aliphatic rings. The van der Waals surface area contributed by atoms with Gasteiger partial charge in [-0.15, -0.1) is 0 Å². The standard InChI is InChI=1S/C25H30N6O3/c1-16-12-18(7-10-26-16)31-11-8-20(29-31)23(32)28-21-15-30-14-17(6-9-24(2,3)33)27-22(30)13-19(21)25(4,5)34/h7-8,10-15,33-34H,6,9H2,1-5H3,(H,28,32). The Morgan fingerprint density at radius 1 is 1.12 bits per heavy atom. The van der Waals surface area contributed by atoms with E-state index in [1.807, 2.05) is 29.7 Å². The molecule has 4 heterocycles. The zero-order valence-electron chi connectivity index (χ0n) is 20.1. The SMILES string of the molecule is Cc1cc(-n2ccc(C(=O)Nc3cn4cc(CCC(C)(C)O)nc4cc3C(C)(C)O)n2)ccn1. The minimum Gasteiger partial charge on any atom is -0.390 e. The van der Waals surface area contributed by atoms with Crippen LogP contribution in [-0.4, -0.2) is 45.9 Å². The number of hydrogen-bond donors (Lipinski definition) is 3. The predicted molar refractivity (Wildman–Crippen MR) is 129 cm³/mol. The van der Waals surface area contributed by atoms with Gasteiger partial charge in [-0.3, -0.25) is 9.78 Å². The molecule has 178 valence electrons. The van der Waals surface area contributed by atoms with Crippen molar-refractivity contribution in [2.24, 2.45) is 0 Å². The maximum Gasteiger partial charge on any atom is 0.276 e. The summed E-state index contributed by atoms with van der Waals surface area (Å²) in [7, 11) is 0. The average molecular weight is 463 g/mol. The van der Waals surface area contributed by atoms with Crippen molar-refractivity contribution in [3.8, 4) is 5.69 Å². The van der Waals surface area contributed by atoms with E-state index in [0.717, 1.165) is 17.1 Å². The second kappa shape index (κ2) is 8.66. The summed E-state index contributed by atoms with van der Waals surface area (Å²) >= 11 is 0. The molecule has 9 nitrogen and oxygen atoms in total. The maximum atomic E-state index is 13.0. The van der Waals surface area contributed by atoms with Gasteiger partial charge in [0.1, 0.15) is 5.65 Å². The lowest BCUT2D eigenvalue weighted by Gasteiger charge is -2.22. The first kappa shape index (κ1) is 23.6. The average Bonchev–Trinajstić information content (AvgIpc) is 3.37. The molecular weight excluding hydrogens is 432 g/mol. The van der Waals surface area contributed by atoms with Crippen molar-refractivity contribution in [2.75, 3.05) is 5.32 Å². The van der Waals surface area contributed by atoms with Gasteiger partial charge < -0.3 is 19.9 Å². The lowest BCUT2D eigenvalue weighted by molar-refractivity contribution is 0.0711. The Morgan fingerprint density at radius 3 is 2.56 bits per heavy atom. The van der Waals surface area contributed by atoms with Gasteiger partial charge >= 0.3 is 0 Å². The number of rotatable bonds is 7. The van der Waals surface area contributed by atoms with E-state index >= 15 is 0 Å². The fourth-order valence-corrected chi connectivity index (χ4v) is 3.69. The fourth-order valence-electron chi connectivity index (χ4n) is 3.69. The van der Waals surface area contributed by atoms with Crippen LogP contribution in [-0.2, 0) is 12.0 Å². The normalized spacial score (nSPS) is 12.3. The second-order valence-corrected chi connectivity index (χ2v) is 9.73. The van der Waals surface area contributed by atoms with Gasteiger partial charge in [-0.2, -0.15) is 5.10 Å². The molecule has 1 amide bonds. The number of aliphatic hydroxyl groups is 2. The molecule has 0 saturated carbocycles. The Kier molecular flexibility index (Phi) is 6.01. The minimum absolute atomic E-state index is 0.243. The summed E-state index contributed by atoms with van der Waals surface area (Å²) in [5.74, 6) is -0.392. The van der Waals surface area contributed by atoms with Gasteiger partial charge in [0.05, 0.1) is 28.3 Å². The molecule has 0 fully saturated rings. The lowest BCUT2D eigenvalue weighted by atomic mass is 9.97. The van der Waals surface area contributed by atoms with E-state index in [-0.39, 0.29) is 5.69 Å². The van der Waals surface area contributed by atoms with Gasteiger partial charge in [0, 0.05) is 36.0 Å². The van der Waals surface area contributed by atoms with Gasteiger partial charge in [0.25, 0.3) is 5.91 Å². The number of fused-ring (bicyclic) bond motifs is 1. The number of hydrogen-bond acceptors (Lipinski definition) is 6. The second-order valence-electron chi connectivity index (χ2n) is 9.73. The molecule has 0 saturated heterocycles. The van der Waals surface area contributed by atoms with Crippen molar-refractivity contribution >= 4 is 17.2 Å². The molecule has 0 bridgehead atoms. The summed E-state index contributed by atoms with van der Waals surface area (Å²) in [5, 5.41) is 28.1. The van der Waals surface area contributed by atoms with Crippen LogP contribution in [0.1, 0.15) is 61.6 Å². The van der Waals surface area contributed by atoms with E-state index in [2.05, 4.69) is 20.4 Å². The van der Waals surface area contributed by atoms with E-state index in [4.69, 9.17) is 0 Å². The molecule has 0 atom stereocenters. The smallest absolute Gasteiger partial charge is 0.276 e. The molecule has 9 heteroatoms. The highest BCUT2D eigenvalue weighted by Crippen LogP contribution is 2.30. The van der Waals surface area contributed by atoms with Crippen LogP contribution in [0.4, 0.5) is 5.69 Å². The molecular formula is C25H30N6O3. The van der Waals surface area contributed by atoms with Crippen molar-refractivity contribution in [2.45, 2.75) is 58.7 Å². The third kappa shape index (κ3) is 5.32. The van der Waals surface area contributed by atoms with Gasteiger partial charge in [0.15, 0.2) is 5.69 Å². The number of nitrogens with one attached hydrogen (secondary N) is 1. The maximum absolute atomic E-state index is 13.0. The minimum atomic E-state index is -1.21. The monoisotopic (exact) mass is 462 g/mol. The summed E-state index contributed by atoms with van der Waals surface area (Å²) in [4.78, 5) is 21.8. The highest BCUT2D eigenvalue weighted by Gasteiger charge is 2.24. The summed E-state index contributed by atoms with van der Waals surface area (Å²) in [6.45, 7) is 8.74. The molecule has 0 spiro atoms. The molecule has 0 radical (unpaired) electrons. The van der Waals surface area contributed by atoms with E-state index in [1.54, 1.807) is 63.1 Å². The molecule has 0 aliphatic carbocycles. The number of carbonyl (C=O) groups is 1. The zero-order valence-corrected chi connectivity index (χ0v) is 20.1. The molecule has 4 aromatic rings. The topological polar surface area (TPSA) is 118 Å². The number of pyridine rings is 2. The van der Waals surface area contributed by atoms with Gasteiger partial charge in [-0.1, -0.05) is 0 Å². The van der Waals surface area contributed by atoms with Crippen LogP contribution >= 0.6 is 0 Å². The summed E-state index contributed by atoms with van der Waals surface area (Å²) in [6.07, 6.45) is 8.19. The van der Waals surface area contributed by atoms with Crippen LogP contribution in [0.5, 0.6) is 0 Å². The van der Waals surface area contributed by atoms with Crippen LogP contribution in [0.25, 0.3) is 11.3 Å². The van der Waals surface area contributed by atoms with Crippen molar-refractivity contribution in [3.05, 3.63) is 71.7 Å². The third-order valence-corrected chi connectivity index (χ3v) is 5.51. The van der Waals surface area contributed by atoms with Crippen molar-refractivity contribution in [3.63, 3.8) is 0 Å². The molecule has 3 N–H and O–H groups in total. The number of imidazole rings is 1. The van der Waals surface area contributed by atoms with E-state index in [9.17, 15) is 15.0 Å². The predicted octanol–water partition coefficient (Wildman–Crippen LogP) is 3.41. The first-order valence-electron chi connectivity index (χ1n) is 11.2. The first-order chi connectivity index (χ1) is 15.9. The number of aryl methyl sites for hydroxylation is 2. The van der Waals surface area contributed by atoms with Crippen molar-refractivity contribution in [1.29, 1.82) is 0 Å². The Balaban J connectivity index is 1.63. The van der Waals surface area contributed by atoms with E-state index < -0.39 is 17.1 Å². The van der Waals surface area contributed by atoms with E-state index in [0.29, 0.717) is 29.7 Å². The first-order valence-corrected chi connectivity index (χ1v) is 11.2. The number of amides is 1. The van der Waals surface area contributed by atoms with Gasteiger partial charge in [-0.05, 0) is 71.7 Å². The molecule has 4 aromatic heterocycles. The third-order valence-electron chi connectivity index (χ3n) is 5.51. The zero-order chi connectivity index (χ0) is 24.7. The summed E-state index contributed by atoms with van der Waals surface area (Å²) < 4.78 is 3.43. The molecule has 34 heavy (non-hydrogen) atoms. The molecule has 4 rings (SSSR count). The van der Waals surface area contributed by atoms with Crippen LogP contribution in [0.2, 0.25) is 0 Å². The quantitative estimate of drug-likeness (QED) is 0.387. The Bertz CT molecular complexity index is 1340. The summed E-state index contributed by atoms with van der Waals surface area (Å²) in [5.41, 5.74) is 2.38. The Morgan fingerprint density at radius 2 is 1.88 bits per heavy atom. The highest BCUT2D eigenvalue weighted by molar-refractivity contribution is 6.03. The van der Waals surface area contributed by atoms with Crippen LogP contribution in [0.3, 0.4) is 0 Å². The van der Waals surface area contributed by atoms with Crippen LogP contribution < -0.4 is 5.32 Å². The van der Waals surface area contributed by atoms with Crippen LogP contribution in [0.15, 0.2) is 49.1 Å². The number of anilines is 1. The highest BCUT2D eigenvalue weighted by atomic mass is 16.3. The van der Waals surface area contributed by atoms with Gasteiger partial charge in [-0.25, -0.2) is 9.67 Å². The lowest BCUT2D eigenvalue weighted by Crippen LogP contribution is -2.22. The Labute approximate surface area is 198 Å². The number of carbonyl (C=O) groups excluding carboxylic acids is 1. The number of aromatic nitrogens is 5. The van der Waals surface area contributed by atoms with Crippen molar-refractivity contribution < 1.29 is 15.0 Å². The van der Waals surface area contributed by atoms with E-state index in [1.165, 1.54) is 0 Å². The van der Waals surface area contributed by atoms with Gasteiger partial charge in [0.2, 0.25) is 0 Å².